The van der Waals surface area contributed by atoms with Gasteiger partial charge in [-0.2, -0.15) is 0 Å². The summed E-state index contributed by atoms with van der Waals surface area (Å²) in [6, 6.07) is 16.3. The van der Waals surface area contributed by atoms with Crippen molar-refractivity contribution in [3.05, 3.63) is 59.7 Å². The van der Waals surface area contributed by atoms with Crippen LogP contribution < -0.4 is 10.6 Å². The fourth-order valence-electron chi connectivity index (χ4n) is 4.31. The highest BCUT2D eigenvalue weighted by Gasteiger charge is 2.34. The number of aliphatic carboxylic acids is 1. The molecular weight excluding hydrogens is 432 g/mol. The van der Waals surface area contributed by atoms with Crippen molar-refractivity contribution in [3.63, 3.8) is 0 Å². The van der Waals surface area contributed by atoms with Crippen LogP contribution in [0.25, 0.3) is 11.1 Å². The molecule has 34 heavy (non-hydrogen) atoms. The van der Waals surface area contributed by atoms with E-state index < -0.39 is 17.6 Å². The third kappa shape index (κ3) is 5.95. The lowest BCUT2D eigenvalue weighted by molar-refractivity contribution is -0.137. The second kappa shape index (κ2) is 11.2. The highest BCUT2D eigenvalue weighted by molar-refractivity contribution is 5.89. The van der Waals surface area contributed by atoms with E-state index in [0.29, 0.717) is 25.8 Å². The summed E-state index contributed by atoms with van der Waals surface area (Å²) < 4.78 is 5.60. The fraction of sp³-hybridized carbons (Fsp3) is 0.444. The minimum Gasteiger partial charge on any atom is -0.481 e. The number of hydrogen-bond donors (Lipinski definition) is 3. The fourth-order valence-corrected chi connectivity index (χ4v) is 4.31. The molecule has 0 aliphatic heterocycles. The molecule has 2 amide bonds. The van der Waals surface area contributed by atoms with E-state index in [4.69, 9.17) is 9.84 Å². The first-order chi connectivity index (χ1) is 16.2. The zero-order valence-electron chi connectivity index (χ0n) is 20.1. The van der Waals surface area contributed by atoms with Crippen molar-refractivity contribution in [1.82, 2.24) is 10.6 Å². The van der Waals surface area contributed by atoms with Gasteiger partial charge in [-0.05, 0) is 54.4 Å². The minimum absolute atomic E-state index is 0.0489. The molecule has 0 fully saturated rings. The number of nitrogens with one attached hydrogen (secondary N) is 2. The van der Waals surface area contributed by atoms with Gasteiger partial charge in [-0.3, -0.25) is 9.59 Å². The lowest BCUT2D eigenvalue weighted by atomic mass is 9.97. The Morgan fingerprint density at radius 3 is 2.18 bits per heavy atom. The van der Waals surface area contributed by atoms with E-state index >= 15 is 0 Å². The highest BCUT2D eigenvalue weighted by atomic mass is 16.5. The standard InChI is InChI=1S/C27H34N2O5/c1-4-27(3,25(32)28-16-15-18(2)13-14-24(30)31)29-26(33)34-17-23-21-11-7-5-9-19(21)20-10-6-8-12-22(20)23/h5-12,18,23H,4,13-17H2,1-3H3,(H,28,32)(H,29,33)(H,30,31). The molecule has 7 nitrogen and oxygen atoms in total. The highest BCUT2D eigenvalue weighted by Crippen LogP contribution is 2.44. The summed E-state index contributed by atoms with van der Waals surface area (Å²) in [7, 11) is 0. The molecule has 0 saturated heterocycles. The molecule has 0 bridgehead atoms. The molecule has 0 aromatic heterocycles. The Morgan fingerprint density at radius 1 is 1.03 bits per heavy atom. The van der Waals surface area contributed by atoms with Gasteiger partial charge in [0.25, 0.3) is 0 Å². The van der Waals surface area contributed by atoms with Crippen LogP contribution in [0.3, 0.4) is 0 Å². The molecular formula is C27H34N2O5. The molecule has 182 valence electrons. The van der Waals surface area contributed by atoms with Gasteiger partial charge in [-0.15, -0.1) is 0 Å². The van der Waals surface area contributed by atoms with Crippen LogP contribution in [0.5, 0.6) is 0 Å². The van der Waals surface area contributed by atoms with Crippen LogP contribution in [0.15, 0.2) is 48.5 Å². The van der Waals surface area contributed by atoms with E-state index in [9.17, 15) is 14.4 Å². The van der Waals surface area contributed by atoms with Crippen LogP contribution in [0.4, 0.5) is 4.79 Å². The summed E-state index contributed by atoms with van der Waals surface area (Å²) >= 11 is 0. The Bertz CT molecular complexity index is 992. The Morgan fingerprint density at radius 2 is 1.62 bits per heavy atom. The van der Waals surface area contributed by atoms with Crippen LogP contribution in [0.2, 0.25) is 0 Å². The van der Waals surface area contributed by atoms with Gasteiger partial charge in [0.15, 0.2) is 0 Å². The first-order valence-electron chi connectivity index (χ1n) is 11.9. The first-order valence-corrected chi connectivity index (χ1v) is 11.9. The second-order valence-electron chi connectivity index (χ2n) is 9.22. The van der Waals surface area contributed by atoms with Gasteiger partial charge >= 0.3 is 12.1 Å². The van der Waals surface area contributed by atoms with Crippen molar-refractivity contribution in [2.75, 3.05) is 13.2 Å². The van der Waals surface area contributed by atoms with Crippen molar-refractivity contribution in [2.24, 2.45) is 5.92 Å². The quantitative estimate of drug-likeness (QED) is 0.445. The van der Waals surface area contributed by atoms with Gasteiger partial charge in [0.1, 0.15) is 12.1 Å². The van der Waals surface area contributed by atoms with Crippen LogP contribution in [-0.4, -0.2) is 41.8 Å². The smallest absolute Gasteiger partial charge is 0.408 e. The average molecular weight is 467 g/mol. The summed E-state index contributed by atoms with van der Waals surface area (Å²) in [5.74, 6) is -0.970. The minimum atomic E-state index is -1.10. The molecule has 1 aliphatic carbocycles. The number of amides is 2. The lowest BCUT2D eigenvalue weighted by Gasteiger charge is -2.28. The number of fused-ring (bicyclic) bond motifs is 3. The number of rotatable bonds is 11. The molecule has 3 N–H and O–H groups in total. The van der Waals surface area contributed by atoms with Gasteiger partial charge in [0, 0.05) is 18.9 Å². The molecule has 7 heteroatoms. The predicted octanol–water partition coefficient (Wildman–Crippen LogP) is 4.70. The molecule has 2 aromatic rings. The van der Waals surface area contributed by atoms with E-state index in [1.54, 1.807) is 6.92 Å². The Balaban J connectivity index is 1.54. The molecule has 0 spiro atoms. The SMILES string of the molecule is CCC(C)(NC(=O)OCC1c2ccccc2-c2ccccc21)C(=O)NCCC(C)CCC(=O)O. The second-order valence-corrected chi connectivity index (χ2v) is 9.22. The normalized spacial score (nSPS) is 14.9. The number of ether oxygens (including phenoxy) is 1. The third-order valence-corrected chi connectivity index (χ3v) is 6.70. The largest absolute Gasteiger partial charge is 0.481 e. The van der Waals surface area contributed by atoms with E-state index in [1.165, 1.54) is 0 Å². The molecule has 0 saturated carbocycles. The molecule has 0 radical (unpaired) electrons. The molecule has 2 aromatic carbocycles. The number of carbonyl (C=O) groups excluding carboxylic acids is 2. The number of benzene rings is 2. The van der Waals surface area contributed by atoms with Crippen LogP contribution >= 0.6 is 0 Å². The van der Waals surface area contributed by atoms with Gasteiger partial charge in [-0.1, -0.05) is 62.4 Å². The average Bonchev–Trinajstić information content (AvgIpc) is 3.15. The summed E-state index contributed by atoms with van der Waals surface area (Å²) in [6.45, 7) is 6.07. The molecule has 1 aliphatic rings. The van der Waals surface area contributed by atoms with Gasteiger partial charge < -0.3 is 20.5 Å². The summed E-state index contributed by atoms with van der Waals surface area (Å²) in [5.41, 5.74) is 3.46. The van der Waals surface area contributed by atoms with Crippen molar-refractivity contribution in [1.29, 1.82) is 0 Å². The maximum atomic E-state index is 12.8. The molecule has 3 rings (SSSR count). The maximum absolute atomic E-state index is 12.8. The van der Waals surface area contributed by atoms with E-state index in [0.717, 1.165) is 22.3 Å². The topological polar surface area (TPSA) is 105 Å². The van der Waals surface area contributed by atoms with Crippen molar-refractivity contribution >= 4 is 18.0 Å². The Kier molecular flexibility index (Phi) is 8.31. The van der Waals surface area contributed by atoms with E-state index in [-0.39, 0.29) is 30.8 Å². The van der Waals surface area contributed by atoms with Gasteiger partial charge in [0.05, 0.1) is 0 Å². The van der Waals surface area contributed by atoms with E-state index in [2.05, 4.69) is 34.9 Å². The summed E-state index contributed by atoms with van der Waals surface area (Å²) in [4.78, 5) is 36.2. The number of carboxylic acid groups (broad SMARTS) is 1. The number of carbonyl (C=O) groups is 3. The van der Waals surface area contributed by atoms with Crippen LogP contribution in [0.1, 0.15) is 63.5 Å². The first kappa shape index (κ1) is 25.3. The van der Waals surface area contributed by atoms with Crippen molar-refractivity contribution < 1.29 is 24.2 Å². The Hall–Kier alpha value is -3.35. The molecule has 2 unspecified atom stereocenters. The third-order valence-electron chi connectivity index (χ3n) is 6.70. The zero-order valence-corrected chi connectivity index (χ0v) is 20.1. The van der Waals surface area contributed by atoms with Crippen LogP contribution in [0, 0.1) is 5.92 Å². The summed E-state index contributed by atoms with van der Waals surface area (Å²) in [5, 5.41) is 14.4. The van der Waals surface area contributed by atoms with Crippen molar-refractivity contribution in [3.8, 4) is 11.1 Å². The molecule has 0 heterocycles. The van der Waals surface area contributed by atoms with Gasteiger partial charge in [0.2, 0.25) is 5.91 Å². The molecule has 2 atom stereocenters. The van der Waals surface area contributed by atoms with Crippen LogP contribution in [-0.2, 0) is 14.3 Å². The summed E-state index contributed by atoms with van der Waals surface area (Å²) in [6.07, 6.45) is 1.12. The lowest BCUT2D eigenvalue weighted by Crippen LogP contribution is -2.56. The van der Waals surface area contributed by atoms with E-state index in [1.807, 2.05) is 38.1 Å². The zero-order chi connectivity index (χ0) is 24.7. The maximum Gasteiger partial charge on any atom is 0.408 e. The number of alkyl carbamates (subject to hydrolysis) is 1. The monoisotopic (exact) mass is 466 g/mol. The van der Waals surface area contributed by atoms with Crippen molar-refractivity contribution in [2.45, 2.75) is 57.9 Å². The predicted molar refractivity (Wildman–Crippen MR) is 131 cm³/mol. The number of hydrogen-bond acceptors (Lipinski definition) is 4. The number of carboxylic acids is 1. The van der Waals surface area contributed by atoms with Gasteiger partial charge in [-0.25, -0.2) is 4.79 Å². The Labute approximate surface area is 200 Å².